The minimum absolute atomic E-state index is 0.124. The monoisotopic (exact) mass is 529 g/mol. The number of carboxylic acid groups (broad SMARTS) is 1. The molecule has 8 nitrogen and oxygen atoms in total. The van der Waals surface area contributed by atoms with Crippen LogP contribution in [0.4, 0.5) is 0 Å². The number of aliphatic carboxylic acids is 1. The molecule has 0 aliphatic carbocycles. The number of hydrogen-bond donors (Lipinski definition) is 1. The van der Waals surface area contributed by atoms with Crippen LogP contribution in [0.15, 0.2) is 54.6 Å². The number of carbonyl (C=O) groups is 3. The van der Waals surface area contributed by atoms with Gasteiger partial charge in [-0.3, -0.25) is 18.7 Å². The number of esters is 1. The summed E-state index contributed by atoms with van der Waals surface area (Å²) in [6.45, 7) is 4.69. The molecule has 9 heteroatoms. The van der Waals surface area contributed by atoms with Gasteiger partial charge in [-0.05, 0) is 56.7 Å². The van der Waals surface area contributed by atoms with Gasteiger partial charge in [0, 0.05) is 19.1 Å². The molecular formula is C28H36NO7P. The number of unbranched alkanes of at least 4 members (excludes halogenated alkanes) is 1. The van der Waals surface area contributed by atoms with Crippen LogP contribution in [-0.4, -0.2) is 53.0 Å². The molecule has 0 spiro atoms. The molecule has 1 N–H and O–H groups in total. The van der Waals surface area contributed by atoms with Crippen LogP contribution >= 0.6 is 7.37 Å². The Bertz CT molecular complexity index is 1140. The number of rotatable bonds is 11. The molecule has 0 fully saturated rings. The predicted octanol–water partition coefficient (Wildman–Crippen LogP) is 4.89. The Morgan fingerprint density at radius 2 is 1.65 bits per heavy atom. The van der Waals surface area contributed by atoms with Crippen LogP contribution in [0.5, 0.6) is 0 Å². The van der Waals surface area contributed by atoms with Gasteiger partial charge in [-0.25, -0.2) is 4.79 Å². The summed E-state index contributed by atoms with van der Waals surface area (Å²) in [5.74, 6) is -2.16. The van der Waals surface area contributed by atoms with Gasteiger partial charge in [0.15, 0.2) is 6.79 Å². The third kappa shape index (κ3) is 8.27. The minimum atomic E-state index is -3.57. The molecule has 1 heterocycles. The molecule has 2 atom stereocenters. The maximum atomic E-state index is 13.8. The first-order valence-electron chi connectivity index (χ1n) is 12.5. The first-order valence-corrected chi connectivity index (χ1v) is 14.5. The number of fused-ring (bicyclic) bond motifs is 1. The molecule has 200 valence electrons. The van der Waals surface area contributed by atoms with Gasteiger partial charge < -0.3 is 14.7 Å². The van der Waals surface area contributed by atoms with Crippen molar-refractivity contribution in [3.63, 3.8) is 0 Å². The number of carbonyl (C=O) groups excluding carboxylic acids is 2. The summed E-state index contributed by atoms with van der Waals surface area (Å²) >= 11 is 0. The lowest BCUT2D eigenvalue weighted by Gasteiger charge is -2.35. The maximum absolute atomic E-state index is 13.8. The van der Waals surface area contributed by atoms with Gasteiger partial charge in [-0.15, -0.1) is 0 Å². The van der Waals surface area contributed by atoms with Gasteiger partial charge >= 0.3 is 11.9 Å². The number of aryl methyl sites for hydroxylation is 1. The Balaban J connectivity index is 1.70. The summed E-state index contributed by atoms with van der Waals surface area (Å²) in [4.78, 5) is 38.7. The maximum Gasteiger partial charge on any atom is 0.326 e. The van der Waals surface area contributed by atoms with E-state index in [9.17, 15) is 24.1 Å². The smallest absolute Gasteiger partial charge is 0.326 e. The fourth-order valence-corrected chi connectivity index (χ4v) is 6.13. The van der Waals surface area contributed by atoms with Crippen LogP contribution < -0.4 is 0 Å². The van der Waals surface area contributed by atoms with Gasteiger partial charge in [0.1, 0.15) is 12.2 Å². The largest absolute Gasteiger partial charge is 0.480 e. The van der Waals surface area contributed by atoms with Crippen molar-refractivity contribution in [3.05, 3.63) is 71.3 Å². The normalized spacial score (nSPS) is 16.9. The van der Waals surface area contributed by atoms with E-state index in [-0.39, 0.29) is 19.1 Å². The second kappa shape index (κ2) is 12.5. The molecule has 1 aliphatic rings. The highest BCUT2D eigenvalue weighted by Gasteiger charge is 2.38. The van der Waals surface area contributed by atoms with Crippen LogP contribution in [0.1, 0.15) is 50.3 Å². The standard InChI is InChI=1S/C28H36NO7P/c1-28(2,3)27(33)35-20-36-37(34,16-10-9-13-21-11-5-4-6-12-21)19-25(30)29-18-23-15-8-7-14-22(23)17-24(29)26(31)32/h4-8,11-12,14-15,24H,9-10,13,16-20H2,1-3H3,(H,31,32). The SMILES string of the molecule is CC(C)(C)C(=O)OCOP(=O)(CCCCc1ccccc1)CC(=O)N1Cc2ccccc2CC1C(=O)O. The van der Waals surface area contributed by atoms with E-state index < -0.39 is 49.6 Å². The average Bonchev–Trinajstić information content (AvgIpc) is 2.85. The summed E-state index contributed by atoms with van der Waals surface area (Å²) in [6.07, 6.45) is 1.93. The molecule has 0 radical (unpaired) electrons. The van der Waals surface area contributed by atoms with E-state index in [0.29, 0.717) is 6.42 Å². The Labute approximate surface area is 218 Å². The zero-order valence-electron chi connectivity index (χ0n) is 21.7. The van der Waals surface area contributed by atoms with Crippen LogP contribution in [0.3, 0.4) is 0 Å². The van der Waals surface area contributed by atoms with E-state index in [0.717, 1.165) is 29.5 Å². The highest BCUT2D eigenvalue weighted by atomic mass is 31.2. The summed E-state index contributed by atoms with van der Waals surface area (Å²) in [7, 11) is -3.57. The molecule has 0 aromatic heterocycles. The van der Waals surface area contributed by atoms with Crippen molar-refractivity contribution in [2.45, 2.75) is 59.0 Å². The van der Waals surface area contributed by atoms with E-state index in [1.165, 1.54) is 4.90 Å². The molecule has 0 saturated heterocycles. The van der Waals surface area contributed by atoms with E-state index in [1.54, 1.807) is 20.8 Å². The van der Waals surface area contributed by atoms with Gasteiger partial charge in [-0.2, -0.15) is 0 Å². The number of ether oxygens (including phenoxy) is 1. The second-order valence-electron chi connectivity index (χ2n) is 10.4. The molecule has 0 saturated carbocycles. The Hall–Kier alpha value is -2.96. The van der Waals surface area contributed by atoms with Crippen molar-refractivity contribution in [2.24, 2.45) is 5.41 Å². The highest BCUT2D eigenvalue weighted by molar-refractivity contribution is 7.59. The van der Waals surface area contributed by atoms with Crippen LogP contribution in [0, 0.1) is 5.41 Å². The minimum Gasteiger partial charge on any atom is -0.480 e. The zero-order valence-corrected chi connectivity index (χ0v) is 22.6. The molecule has 1 amide bonds. The summed E-state index contributed by atoms with van der Waals surface area (Å²) in [5, 5.41) is 9.79. The zero-order chi connectivity index (χ0) is 27.1. The number of amides is 1. The van der Waals surface area contributed by atoms with Gasteiger partial charge in [0.25, 0.3) is 0 Å². The molecule has 2 aromatic rings. The molecular weight excluding hydrogens is 493 g/mol. The fourth-order valence-electron chi connectivity index (χ4n) is 4.21. The Morgan fingerprint density at radius 3 is 2.30 bits per heavy atom. The number of carboxylic acids is 1. The average molecular weight is 530 g/mol. The summed E-state index contributed by atoms with van der Waals surface area (Å²) < 4.78 is 24.6. The molecule has 1 aliphatic heterocycles. The highest BCUT2D eigenvalue weighted by Crippen LogP contribution is 2.48. The van der Waals surface area contributed by atoms with Crippen molar-refractivity contribution in [3.8, 4) is 0 Å². The Kier molecular flexibility index (Phi) is 9.68. The summed E-state index contributed by atoms with van der Waals surface area (Å²) in [6, 6.07) is 16.3. The second-order valence-corrected chi connectivity index (χ2v) is 13.1. The third-order valence-electron chi connectivity index (χ3n) is 6.38. The number of hydrogen-bond acceptors (Lipinski definition) is 6. The molecule has 3 rings (SSSR count). The third-order valence-corrected chi connectivity index (χ3v) is 8.70. The number of nitrogens with zero attached hydrogens (tertiary/aromatic N) is 1. The first kappa shape index (κ1) is 28.6. The van der Waals surface area contributed by atoms with E-state index in [1.807, 2.05) is 54.6 Å². The van der Waals surface area contributed by atoms with E-state index in [4.69, 9.17) is 9.26 Å². The van der Waals surface area contributed by atoms with E-state index in [2.05, 4.69) is 0 Å². The van der Waals surface area contributed by atoms with Crippen molar-refractivity contribution < 1.29 is 33.3 Å². The molecule has 2 aromatic carbocycles. The topological polar surface area (TPSA) is 110 Å². The molecule has 37 heavy (non-hydrogen) atoms. The first-order chi connectivity index (χ1) is 17.5. The van der Waals surface area contributed by atoms with Crippen molar-refractivity contribution in [1.82, 2.24) is 4.90 Å². The number of benzene rings is 2. The summed E-state index contributed by atoms with van der Waals surface area (Å²) in [5.41, 5.74) is 2.15. The van der Waals surface area contributed by atoms with Gasteiger partial charge in [0.2, 0.25) is 13.3 Å². The van der Waals surface area contributed by atoms with Gasteiger partial charge in [-0.1, -0.05) is 54.6 Å². The molecule has 0 bridgehead atoms. The lowest BCUT2D eigenvalue weighted by Crippen LogP contribution is -2.49. The van der Waals surface area contributed by atoms with Crippen LogP contribution in [0.2, 0.25) is 0 Å². The Morgan fingerprint density at radius 1 is 1.00 bits per heavy atom. The van der Waals surface area contributed by atoms with E-state index >= 15 is 0 Å². The quantitative estimate of drug-likeness (QED) is 0.191. The molecule has 2 unspecified atom stereocenters. The fraction of sp³-hybridized carbons (Fsp3) is 0.464. The lowest BCUT2D eigenvalue weighted by molar-refractivity contribution is -0.159. The van der Waals surface area contributed by atoms with Crippen LogP contribution in [-0.2, 0) is 47.6 Å². The van der Waals surface area contributed by atoms with Gasteiger partial charge in [0.05, 0.1) is 5.41 Å². The van der Waals surface area contributed by atoms with Crippen molar-refractivity contribution in [1.29, 1.82) is 0 Å². The van der Waals surface area contributed by atoms with Crippen molar-refractivity contribution in [2.75, 3.05) is 19.1 Å². The lowest BCUT2D eigenvalue weighted by atomic mass is 9.94. The predicted molar refractivity (Wildman–Crippen MR) is 140 cm³/mol. The van der Waals surface area contributed by atoms with Crippen LogP contribution in [0.25, 0.3) is 0 Å². The van der Waals surface area contributed by atoms with Crippen molar-refractivity contribution >= 4 is 25.2 Å².